The van der Waals surface area contributed by atoms with E-state index >= 15 is 0 Å². The second-order valence-corrected chi connectivity index (χ2v) is 5.95. The molecular weight excluding hydrogens is 354 g/mol. The van der Waals surface area contributed by atoms with Crippen molar-refractivity contribution in [2.75, 3.05) is 39.8 Å². The minimum atomic E-state index is 0.232. The first-order chi connectivity index (χ1) is 12.8. The molecule has 0 bridgehead atoms. The number of methoxy groups -OCH3 is 3. The van der Waals surface area contributed by atoms with Gasteiger partial charge in [0.15, 0.2) is 0 Å². The summed E-state index contributed by atoms with van der Waals surface area (Å²) in [5.41, 5.74) is 3.23. The summed E-state index contributed by atoms with van der Waals surface area (Å²) in [6.07, 6.45) is 3.42. The summed E-state index contributed by atoms with van der Waals surface area (Å²) in [5.74, 6) is 0.878. The summed E-state index contributed by atoms with van der Waals surface area (Å²) in [5, 5.41) is 7.18. The van der Waals surface area contributed by atoms with E-state index in [-0.39, 0.29) is 6.01 Å². The molecule has 0 aromatic carbocycles. The lowest BCUT2D eigenvalue weighted by molar-refractivity contribution is 0.210. The normalized spacial score (nSPS) is 10.6. The van der Waals surface area contributed by atoms with Crippen molar-refractivity contribution in [3.8, 4) is 34.3 Å². The molecule has 0 unspecified atom stereocenters. The molecule has 0 fully saturated rings. The Morgan fingerprint density at radius 2 is 1.88 bits per heavy atom. The van der Waals surface area contributed by atoms with Crippen LogP contribution in [0.1, 0.15) is 0 Å². The van der Waals surface area contributed by atoms with Gasteiger partial charge in [0, 0.05) is 31.6 Å². The summed E-state index contributed by atoms with van der Waals surface area (Å²) in [4.78, 5) is 17.5. The van der Waals surface area contributed by atoms with Crippen LogP contribution in [0.4, 0.5) is 5.95 Å². The molecule has 0 saturated heterocycles. The Morgan fingerprint density at radius 3 is 2.58 bits per heavy atom. The van der Waals surface area contributed by atoms with E-state index in [1.54, 1.807) is 38.0 Å². The Bertz CT molecular complexity index is 858. The number of aromatic nitrogens is 4. The van der Waals surface area contributed by atoms with Crippen LogP contribution in [0, 0.1) is 0 Å². The summed E-state index contributed by atoms with van der Waals surface area (Å²) < 4.78 is 15.6. The monoisotopic (exact) mass is 373 g/mol. The average Bonchev–Trinajstić information content (AvgIpc) is 3.22. The predicted octanol–water partition coefficient (Wildman–Crippen LogP) is 2.74. The van der Waals surface area contributed by atoms with Crippen molar-refractivity contribution in [1.82, 2.24) is 19.9 Å². The molecule has 136 valence electrons. The van der Waals surface area contributed by atoms with Gasteiger partial charge in [0.2, 0.25) is 11.8 Å². The van der Waals surface area contributed by atoms with Crippen LogP contribution in [0.3, 0.4) is 0 Å². The fraction of sp³-hybridized carbons (Fsp3) is 0.294. The van der Waals surface area contributed by atoms with E-state index in [2.05, 4.69) is 25.3 Å². The van der Waals surface area contributed by atoms with Gasteiger partial charge in [0.05, 0.1) is 32.1 Å². The maximum Gasteiger partial charge on any atom is 0.319 e. The standard InChI is InChI=1S/C17H19N5O3S/c1-23-6-5-18-16-19-8-12(11-4-7-26-10-11)14(21-16)13-9-20-17(25-3)22-15(13)24-2/h4,7-10H,5-6H2,1-3H3,(H,18,19,21). The number of hydrogen-bond donors (Lipinski definition) is 1. The molecule has 0 aliphatic carbocycles. The van der Waals surface area contributed by atoms with E-state index in [0.717, 1.165) is 11.1 Å². The number of nitrogens with one attached hydrogen (secondary N) is 1. The molecule has 3 heterocycles. The maximum absolute atomic E-state index is 5.42. The van der Waals surface area contributed by atoms with E-state index < -0.39 is 0 Å². The Morgan fingerprint density at radius 1 is 1.04 bits per heavy atom. The summed E-state index contributed by atoms with van der Waals surface area (Å²) in [6, 6.07) is 2.25. The van der Waals surface area contributed by atoms with Gasteiger partial charge in [-0.15, -0.1) is 0 Å². The van der Waals surface area contributed by atoms with E-state index in [4.69, 9.17) is 14.2 Å². The third-order valence-electron chi connectivity index (χ3n) is 3.57. The van der Waals surface area contributed by atoms with Crippen LogP contribution < -0.4 is 14.8 Å². The van der Waals surface area contributed by atoms with E-state index in [0.29, 0.717) is 36.2 Å². The highest BCUT2D eigenvalue weighted by atomic mass is 32.1. The van der Waals surface area contributed by atoms with Crippen LogP contribution in [0.15, 0.2) is 29.2 Å². The summed E-state index contributed by atoms with van der Waals surface area (Å²) in [7, 11) is 4.70. The van der Waals surface area contributed by atoms with Crippen LogP contribution in [-0.2, 0) is 4.74 Å². The van der Waals surface area contributed by atoms with Gasteiger partial charge in [-0.3, -0.25) is 0 Å². The molecule has 0 saturated carbocycles. The number of anilines is 1. The fourth-order valence-electron chi connectivity index (χ4n) is 2.33. The minimum Gasteiger partial charge on any atom is -0.480 e. The van der Waals surface area contributed by atoms with Gasteiger partial charge in [-0.05, 0) is 22.4 Å². The van der Waals surface area contributed by atoms with Gasteiger partial charge in [-0.25, -0.2) is 15.0 Å². The van der Waals surface area contributed by atoms with Gasteiger partial charge in [-0.2, -0.15) is 16.3 Å². The van der Waals surface area contributed by atoms with Crippen molar-refractivity contribution < 1.29 is 14.2 Å². The largest absolute Gasteiger partial charge is 0.480 e. The van der Waals surface area contributed by atoms with Crippen LogP contribution in [-0.4, -0.2) is 54.4 Å². The third-order valence-corrected chi connectivity index (χ3v) is 4.26. The molecule has 1 N–H and O–H groups in total. The Hall–Kier alpha value is -2.78. The highest BCUT2D eigenvalue weighted by Crippen LogP contribution is 2.36. The van der Waals surface area contributed by atoms with Crippen LogP contribution in [0.25, 0.3) is 22.4 Å². The predicted molar refractivity (Wildman–Crippen MR) is 99.8 cm³/mol. The second-order valence-electron chi connectivity index (χ2n) is 5.17. The first-order valence-electron chi connectivity index (χ1n) is 7.84. The molecule has 0 amide bonds. The molecule has 3 aromatic heterocycles. The SMILES string of the molecule is COCCNc1ncc(-c2ccsc2)c(-c2cnc(OC)nc2OC)n1. The van der Waals surface area contributed by atoms with E-state index in [9.17, 15) is 0 Å². The smallest absolute Gasteiger partial charge is 0.319 e. The van der Waals surface area contributed by atoms with Crippen molar-refractivity contribution in [2.24, 2.45) is 0 Å². The topological polar surface area (TPSA) is 91.3 Å². The molecule has 0 aliphatic heterocycles. The maximum atomic E-state index is 5.42. The van der Waals surface area contributed by atoms with Gasteiger partial charge in [0.1, 0.15) is 0 Å². The number of hydrogen-bond acceptors (Lipinski definition) is 9. The zero-order valence-corrected chi connectivity index (χ0v) is 15.5. The van der Waals surface area contributed by atoms with Gasteiger partial charge >= 0.3 is 6.01 Å². The van der Waals surface area contributed by atoms with Crippen molar-refractivity contribution >= 4 is 17.3 Å². The summed E-state index contributed by atoms with van der Waals surface area (Å²) in [6.45, 7) is 1.16. The molecule has 9 heteroatoms. The van der Waals surface area contributed by atoms with Crippen molar-refractivity contribution in [1.29, 1.82) is 0 Å². The molecule has 0 aliphatic rings. The van der Waals surface area contributed by atoms with Gasteiger partial charge in [0.25, 0.3) is 0 Å². The van der Waals surface area contributed by atoms with Crippen molar-refractivity contribution in [3.05, 3.63) is 29.2 Å². The third kappa shape index (κ3) is 3.89. The average molecular weight is 373 g/mol. The first-order valence-corrected chi connectivity index (χ1v) is 8.79. The number of ether oxygens (including phenoxy) is 3. The zero-order chi connectivity index (χ0) is 18.4. The number of rotatable bonds is 8. The van der Waals surface area contributed by atoms with Crippen LogP contribution in [0.5, 0.6) is 11.9 Å². The Labute approximate surface area is 155 Å². The molecule has 0 radical (unpaired) electrons. The van der Waals surface area contributed by atoms with E-state index in [1.165, 1.54) is 7.11 Å². The van der Waals surface area contributed by atoms with Gasteiger partial charge in [-0.1, -0.05) is 0 Å². The minimum absolute atomic E-state index is 0.232. The number of thiophene rings is 1. The Kier molecular flexibility index (Phi) is 5.92. The van der Waals surface area contributed by atoms with Crippen LogP contribution in [0.2, 0.25) is 0 Å². The second kappa shape index (κ2) is 8.54. The molecule has 0 spiro atoms. The molecule has 3 aromatic rings. The molecule has 26 heavy (non-hydrogen) atoms. The number of nitrogens with zero attached hydrogens (tertiary/aromatic N) is 4. The van der Waals surface area contributed by atoms with Crippen LogP contribution >= 0.6 is 11.3 Å². The molecule has 8 nitrogen and oxygen atoms in total. The molecular formula is C17H19N5O3S. The van der Waals surface area contributed by atoms with Crippen molar-refractivity contribution in [3.63, 3.8) is 0 Å². The van der Waals surface area contributed by atoms with Gasteiger partial charge < -0.3 is 19.5 Å². The lowest BCUT2D eigenvalue weighted by Gasteiger charge is -2.13. The zero-order valence-electron chi connectivity index (χ0n) is 14.7. The quantitative estimate of drug-likeness (QED) is 0.603. The lowest BCUT2D eigenvalue weighted by Crippen LogP contribution is -2.11. The highest BCUT2D eigenvalue weighted by molar-refractivity contribution is 7.08. The fourth-order valence-corrected chi connectivity index (χ4v) is 2.99. The molecule has 3 rings (SSSR count). The van der Waals surface area contributed by atoms with Crippen molar-refractivity contribution in [2.45, 2.75) is 0 Å². The highest BCUT2D eigenvalue weighted by Gasteiger charge is 2.18. The lowest BCUT2D eigenvalue weighted by atomic mass is 10.1. The van der Waals surface area contributed by atoms with E-state index in [1.807, 2.05) is 16.8 Å². The molecule has 0 atom stereocenters. The first kappa shape index (κ1) is 18.0. The summed E-state index contributed by atoms with van der Waals surface area (Å²) >= 11 is 1.61. The Balaban J connectivity index is 2.09.